The lowest BCUT2D eigenvalue weighted by molar-refractivity contribution is -0.384. The zero-order chi connectivity index (χ0) is 20.7. The number of benzene rings is 2. The Balaban J connectivity index is 2.22. The van der Waals surface area contributed by atoms with Crippen molar-refractivity contribution in [2.45, 2.75) is 0 Å². The van der Waals surface area contributed by atoms with Crippen LogP contribution in [-0.4, -0.2) is 37.0 Å². The van der Waals surface area contributed by atoms with E-state index in [1.807, 2.05) is 0 Å². The number of non-ortho nitro benzene ring substituents is 1. The fraction of sp³-hybridized carbons (Fsp3) is 0.105. The van der Waals surface area contributed by atoms with Gasteiger partial charge in [-0.15, -0.1) is 0 Å². The van der Waals surface area contributed by atoms with Crippen LogP contribution in [-0.2, 0) is 14.3 Å². The van der Waals surface area contributed by atoms with Crippen LogP contribution in [0.25, 0.3) is 6.08 Å². The number of hydrogen-bond acceptors (Lipinski definition) is 7. The molecular formula is C19H16N2O7. The van der Waals surface area contributed by atoms with Crippen LogP contribution in [0.1, 0.15) is 26.3 Å². The number of nitrogens with one attached hydrogen (secondary N) is 1. The minimum Gasteiger partial charge on any atom is -0.465 e. The Hall–Kier alpha value is -4.01. The third-order valence-electron chi connectivity index (χ3n) is 3.63. The molecule has 1 N–H and O–H groups in total. The molecule has 2 rings (SSSR count). The number of methoxy groups -OCH3 is 2. The van der Waals surface area contributed by atoms with E-state index in [0.717, 1.165) is 0 Å². The van der Waals surface area contributed by atoms with E-state index in [0.29, 0.717) is 5.56 Å². The number of anilines is 1. The van der Waals surface area contributed by atoms with E-state index in [4.69, 9.17) is 0 Å². The van der Waals surface area contributed by atoms with Gasteiger partial charge >= 0.3 is 11.9 Å². The molecule has 2 aromatic carbocycles. The quantitative estimate of drug-likeness (QED) is 0.351. The Morgan fingerprint density at radius 1 is 1.00 bits per heavy atom. The van der Waals surface area contributed by atoms with E-state index in [1.54, 1.807) is 0 Å². The first kappa shape index (κ1) is 20.3. The molecule has 9 heteroatoms. The van der Waals surface area contributed by atoms with Crippen LogP contribution in [0.5, 0.6) is 0 Å². The zero-order valence-corrected chi connectivity index (χ0v) is 15.0. The molecule has 0 saturated heterocycles. The molecule has 0 fully saturated rings. The van der Waals surface area contributed by atoms with Gasteiger partial charge in [0.25, 0.3) is 5.69 Å². The van der Waals surface area contributed by atoms with Gasteiger partial charge in [0, 0.05) is 18.2 Å². The molecule has 0 bridgehead atoms. The lowest BCUT2D eigenvalue weighted by atomic mass is 10.1. The van der Waals surface area contributed by atoms with Crippen molar-refractivity contribution in [1.82, 2.24) is 0 Å². The third kappa shape index (κ3) is 5.01. The van der Waals surface area contributed by atoms with Gasteiger partial charge in [-0.25, -0.2) is 9.59 Å². The molecule has 0 aromatic heterocycles. The molecule has 0 aliphatic heterocycles. The number of esters is 2. The van der Waals surface area contributed by atoms with Crippen molar-refractivity contribution in [3.63, 3.8) is 0 Å². The SMILES string of the molecule is COC(=O)c1ccc(C(=O)OC)c(NC(=O)C=Cc2ccc([N+](=O)[O-])cc2)c1. The minimum absolute atomic E-state index is 0.0623. The summed E-state index contributed by atoms with van der Waals surface area (Å²) in [6.07, 6.45) is 2.63. The van der Waals surface area contributed by atoms with Gasteiger partial charge < -0.3 is 14.8 Å². The van der Waals surface area contributed by atoms with Gasteiger partial charge in [-0.3, -0.25) is 14.9 Å². The topological polar surface area (TPSA) is 125 Å². The summed E-state index contributed by atoms with van der Waals surface area (Å²) in [5, 5.41) is 13.1. The van der Waals surface area contributed by atoms with Gasteiger partial charge in [-0.1, -0.05) is 0 Å². The highest BCUT2D eigenvalue weighted by atomic mass is 16.6. The highest BCUT2D eigenvalue weighted by molar-refractivity contribution is 6.07. The van der Waals surface area contributed by atoms with E-state index in [1.165, 1.54) is 68.8 Å². The zero-order valence-electron chi connectivity index (χ0n) is 15.0. The Labute approximate surface area is 159 Å². The van der Waals surface area contributed by atoms with Gasteiger partial charge in [0.15, 0.2) is 0 Å². The first-order valence-electron chi connectivity index (χ1n) is 7.90. The molecule has 28 heavy (non-hydrogen) atoms. The molecule has 9 nitrogen and oxygen atoms in total. The molecule has 0 saturated carbocycles. The maximum atomic E-state index is 12.2. The maximum Gasteiger partial charge on any atom is 0.339 e. The monoisotopic (exact) mass is 384 g/mol. The first-order chi connectivity index (χ1) is 13.3. The van der Waals surface area contributed by atoms with Crippen molar-refractivity contribution in [3.8, 4) is 0 Å². The number of carbonyl (C=O) groups is 3. The molecule has 0 aliphatic carbocycles. The van der Waals surface area contributed by atoms with Crippen molar-refractivity contribution >= 4 is 35.3 Å². The van der Waals surface area contributed by atoms with Crippen LogP contribution in [0.15, 0.2) is 48.5 Å². The first-order valence-corrected chi connectivity index (χ1v) is 7.90. The summed E-state index contributed by atoms with van der Waals surface area (Å²) < 4.78 is 9.29. The number of nitrogens with zero attached hydrogens (tertiary/aromatic N) is 1. The van der Waals surface area contributed by atoms with E-state index < -0.39 is 22.8 Å². The molecular weight excluding hydrogens is 368 g/mol. The molecule has 0 aliphatic rings. The van der Waals surface area contributed by atoms with Crippen molar-refractivity contribution in [1.29, 1.82) is 0 Å². The number of nitro benzene ring substituents is 1. The van der Waals surface area contributed by atoms with Crippen molar-refractivity contribution in [2.24, 2.45) is 0 Å². The molecule has 144 valence electrons. The lowest BCUT2D eigenvalue weighted by Crippen LogP contribution is -2.14. The van der Waals surface area contributed by atoms with Crippen molar-refractivity contribution in [2.75, 3.05) is 19.5 Å². The van der Waals surface area contributed by atoms with Gasteiger partial charge in [0.05, 0.1) is 36.0 Å². The average molecular weight is 384 g/mol. The third-order valence-corrected chi connectivity index (χ3v) is 3.63. The molecule has 0 radical (unpaired) electrons. The number of ether oxygens (including phenoxy) is 2. The molecule has 0 unspecified atom stereocenters. The second-order valence-electron chi connectivity index (χ2n) is 5.41. The Kier molecular flexibility index (Phi) is 6.58. The molecule has 0 spiro atoms. The Bertz CT molecular complexity index is 949. The lowest BCUT2D eigenvalue weighted by Gasteiger charge is -2.10. The predicted octanol–water partition coefficient (Wildman–Crippen LogP) is 2.82. The number of amides is 1. The minimum atomic E-state index is -0.689. The van der Waals surface area contributed by atoms with E-state index in [-0.39, 0.29) is 22.5 Å². The van der Waals surface area contributed by atoms with Gasteiger partial charge in [-0.2, -0.15) is 0 Å². The second-order valence-corrected chi connectivity index (χ2v) is 5.41. The van der Waals surface area contributed by atoms with Crippen molar-refractivity contribution < 1.29 is 28.8 Å². The van der Waals surface area contributed by atoms with Gasteiger partial charge in [-0.05, 0) is 42.0 Å². The fourth-order valence-corrected chi connectivity index (χ4v) is 2.23. The summed E-state index contributed by atoms with van der Waals surface area (Å²) in [6.45, 7) is 0. The summed E-state index contributed by atoms with van der Waals surface area (Å²) in [5.41, 5.74) is 0.784. The predicted molar refractivity (Wildman–Crippen MR) is 99.9 cm³/mol. The van der Waals surface area contributed by atoms with Gasteiger partial charge in [0.2, 0.25) is 5.91 Å². The Morgan fingerprint density at radius 3 is 2.21 bits per heavy atom. The van der Waals surface area contributed by atoms with Crippen molar-refractivity contribution in [3.05, 3.63) is 75.3 Å². The standard InChI is InChI=1S/C19H16N2O7/c1-27-18(23)13-6-9-15(19(24)28-2)16(11-13)20-17(22)10-5-12-3-7-14(8-4-12)21(25)26/h3-11H,1-2H3,(H,20,22). The molecule has 0 atom stereocenters. The second kappa shape index (κ2) is 9.08. The van der Waals surface area contributed by atoms with Crippen LogP contribution in [0.2, 0.25) is 0 Å². The summed E-state index contributed by atoms with van der Waals surface area (Å²) in [6, 6.07) is 9.61. The smallest absolute Gasteiger partial charge is 0.339 e. The average Bonchev–Trinajstić information content (AvgIpc) is 2.71. The van der Waals surface area contributed by atoms with Crippen LogP contribution in [0, 0.1) is 10.1 Å². The number of hydrogen-bond donors (Lipinski definition) is 1. The largest absolute Gasteiger partial charge is 0.465 e. The number of nitro groups is 1. The summed E-state index contributed by atoms with van der Waals surface area (Å²) in [4.78, 5) is 45.9. The summed E-state index contributed by atoms with van der Waals surface area (Å²) >= 11 is 0. The highest BCUT2D eigenvalue weighted by Gasteiger charge is 2.16. The van der Waals surface area contributed by atoms with Gasteiger partial charge in [0.1, 0.15) is 0 Å². The molecule has 1 amide bonds. The maximum absolute atomic E-state index is 12.2. The Morgan fingerprint density at radius 2 is 1.64 bits per heavy atom. The van der Waals surface area contributed by atoms with E-state index >= 15 is 0 Å². The van der Waals surface area contributed by atoms with Crippen LogP contribution in [0.4, 0.5) is 11.4 Å². The summed E-state index contributed by atoms with van der Waals surface area (Å²) in [5.74, 6) is -1.90. The van der Waals surface area contributed by atoms with E-state index in [9.17, 15) is 24.5 Å². The normalized spacial score (nSPS) is 10.4. The van der Waals surface area contributed by atoms with E-state index in [2.05, 4.69) is 14.8 Å². The molecule has 2 aromatic rings. The van der Waals surface area contributed by atoms with Crippen LogP contribution < -0.4 is 5.32 Å². The number of rotatable bonds is 6. The number of carbonyl (C=O) groups excluding carboxylic acids is 3. The fourth-order valence-electron chi connectivity index (χ4n) is 2.23. The molecule has 0 heterocycles. The van der Waals surface area contributed by atoms with Crippen LogP contribution in [0.3, 0.4) is 0 Å². The highest BCUT2D eigenvalue weighted by Crippen LogP contribution is 2.20. The van der Waals surface area contributed by atoms with Crippen LogP contribution >= 0.6 is 0 Å². The summed E-state index contributed by atoms with van der Waals surface area (Å²) in [7, 11) is 2.40.